The maximum Gasteiger partial charge on any atom is -0.00657 e. The van der Waals surface area contributed by atoms with Crippen molar-refractivity contribution in [2.75, 3.05) is 0 Å². The van der Waals surface area contributed by atoms with Crippen molar-refractivity contribution < 1.29 is 0 Å². The molecule has 0 nitrogen and oxygen atoms in total. The molecule has 0 bridgehead atoms. The van der Waals surface area contributed by atoms with Crippen LogP contribution in [0.5, 0.6) is 0 Å². The van der Waals surface area contributed by atoms with Crippen molar-refractivity contribution in [2.24, 2.45) is 16.7 Å². The molecule has 1 unspecified atom stereocenters. The van der Waals surface area contributed by atoms with Gasteiger partial charge in [-0.15, -0.1) is 0 Å². The molecule has 0 heteroatoms. The molecule has 0 N–H and O–H groups in total. The van der Waals surface area contributed by atoms with Gasteiger partial charge >= 0.3 is 0 Å². The Morgan fingerprint density at radius 3 is 2.40 bits per heavy atom. The summed E-state index contributed by atoms with van der Waals surface area (Å²) in [6.45, 7) is 16.0. The largest absolute Gasteiger partial charge is 0.0995 e. The van der Waals surface area contributed by atoms with E-state index >= 15 is 0 Å². The van der Waals surface area contributed by atoms with Crippen LogP contribution in [0.1, 0.15) is 53.9 Å². The minimum Gasteiger partial charge on any atom is -0.0995 e. The summed E-state index contributed by atoms with van der Waals surface area (Å²) in [5.41, 5.74) is 2.08. The molecule has 0 aromatic rings. The Kier molecular flexibility index (Phi) is 3.48. The van der Waals surface area contributed by atoms with Crippen LogP contribution in [0.3, 0.4) is 0 Å². The molecule has 0 saturated carbocycles. The molecule has 0 radical (unpaired) electrons. The molecular weight excluding hydrogens is 180 g/mol. The maximum absolute atomic E-state index is 4.33. The molecule has 0 saturated heterocycles. The molecule has 0 aliphatic heterocycles. The van der Waals surface area contributed by atoms with Crippen molar-refractivity contribution in [3.8, 4) is 0 Å². The second-order valence-electron chi connectivity index (χ2n) is 6.26. The molecule has 1 aliphatic carbocycles. The number of rotatable bonds is 3. The lowest BCUT2D eigenvalue weighted by Gasteiger charge is -2.47. The summed E-state index contributed by atoms with van der Waals surface area (Å²) < 4.78 is 0. The van der Waals surface area contributed by atoms with E-state index < -0.39 is 0 Å². The highest BCUT2D eigenvalue weighted by Gasteiger charge is 2.42. The van der Waals surface area contributed by atoms with Crippen LogP contribution in [0.25, 0.3) is 0 Å². The SMILES string of the molecule is C=C(CCC)C1C(C)(C)C=CCC1(C)C. The Labute approximate surface area is 95.5 Å². The predicted molar refractivity (Wildman–Crippen MR) is 68.9 cm³/mol. The van der Waals surface area contributed by atoms with Crippen LogP contribution in [-0.2, 0) is 0 Å². The Morgan fingerprint density at radius 1 is 1.33 bits per heavy atom. The summed E-state index contributed by atoms with van der Waals surface area (Å²) in [5, 5.41) is 0. The quantitative estimate of drug-likeness (QED) is 0.572. The Hall–Kier alpha value is -0.520. The van der Waals surface area contributed by atoms with Crippen LogP contribution in [0, 0.1) is 16.7 Å². The van der Waals surface area contributed by atoms with Gasteiger partial charge in [-0.2, -0.15) is 0 Å². The monoisotopic (exact) mass is 206 g/mol. The maximum atomic E-state index is 4.33. The minimum absolute atomic E-state index is 0.272. The molecule has 86 valence electrons. The lowest BCUT2D eigenvalue weighted by atomic mass is 9.57. The first kappa shape index (κ1) is 12.5. The van der Waals surface area contributed by atoms with Gasteiger partial charge in [-0.3, -0.25) is 0 Å². The van der Waals surface area contributed by atoms with Gasteiger partial charge in [0.05, 0.1) is 0 Å². The molecule has 0 amide bonds. The first-order chi connectivity index (χ1) is 6.81. The number of hydrogen-bond donors (Lipinski definition) is 0. The van der Waals surface area contributed by atoms with Crippen molar-refractivity contribution >= 4 is 0 Å². The van der Waals surface area contributed by atoms with Crippen LogP contribution in [0.15, 0.2) is 24.3 Å². The second-order valence-corrected chi connectivity index (χ2v) is 6.26. The summed E-state index contributed by atoms with van der Waals surface area (Å²) in [5.74, 6) is 0.620. The van der Waals surface area contributed by atoms with Gasteiger partial charge < -0.3 is 0 Å². The van der Waals surface area contributed by atoms with Crippen molar-refractivity contribution in [3.05, 3.63) is 24.3 Å². The molecule has 0 spiro atoms. The highest BCUT2D eigenvalue weighted by Crippen LogP contribution is 2.51. The molecular formula is C15H26. The fourth-order valence-corrected chi connectivity index (χ4v) is 3.43. The number of hydrogen-bond acceptors (Lipinski definition) is 0. The van der Waals surface area contributed by atoms with Gasteiger partial charge in [0.15, 0.2) is 0 Å². The predicted octanol–water partition coefficient (Wildman–Crippen LogP) is 4.97. The van der Waals surface area contributed by atoms with E-state index in [2.05, 4.69) is 53.3 Å². The highest BCUT2D eigenvalue weighted by molar-refractivity contribution is 5.19. The summed E-state index contributed by atoms with van der Waals surface area (Å²) in [6.07, 6.45) is 8.29. The Morgan fingerprint density at radius 2 is 1.93 bits per heavy atom. The first-order valence-corrected chi connectivity index (χ1v) is 6.16. The standard InChI is InChI=1S/C15H26/c1-7-9-12(2)13-14(3,4)10-8-11-15(13,5)6/h8,10,13H,2,7,9,11H2,1,3-6H3. The third-order valence-corrected chi connectivity index (χ3v) is 3.70. The fraction of sp³-hybridized carbons (Fsp3) is 0.733. The minimum atomic E-state index is 0.272. The Bertz CT molecular complexity index is 266. The van der Waals surface area contributed by atoms with E-state index in [9.17, 15) is 0 Å². The third kappa shape index (κ3) is 2.53. The topological polar surface area (TPSA) is 0 Å². The molecule has 0 fully saturated rings. The van der Waals surface area contributed by atoms with Gasteiger partial charge in [-0.1, -0.05) is 65.3 Å². The van der Waals surface area contributed by atoms with E-state index in [1.807, 2.05) is 0 Å². The van der Waals surface area contributed by atoms with Crippen LogP contribution in [0.4, 0.5) is 0 Å². The van der Waals surface area contributed by atoms with E-state index in [1.165, 1.54) is 24.8 Å². The van der Waals surface area contributed by atoms with E-state index in [1.54, 1.807) is 0 Å². The lowest BCUT2D eigenvalue weighted by molar-refractivity contribution is 0.127. The van der Waals surface area contributed by atoms with E-state index in [-0.39, 0.29) is 5.41 Å². The summed E-state index contributed by atoms with van der Waals surface area (Å²) in [7, 11) is 0. The van der Waals surface area contributed by atoms with Crippen molar-refractivity contribution in [2.45, 2.75) is 53.9 Å². The van der Waals surface area contributed by atoms with Gasteiger partial charge in [-0.25, -0.2) is 0 Å². The highest BCUT2D eigenvalue weighted by atomic mass is 14.5. The van der Waals surface area contributed by atoms with E-state index in [0.29, 0.717) is 11.3 Å². The van der Waals surface area contributed by atoms with Crippen LogP contribution >= 0.6 is 0 Å². The molecule has 0 heterocycles. The summed E-state index contributed by atoms with van der Waals surface area (Å²) in [4.78, 5) is 0. The third-order valence-electron chi connectivity index (χ3n) is 3.70. The second kappa shape index (κ2) is 4.15. The zero-order chi connectivity index (χ0) is 11.7. The average molecular weight is 206 g/mol. The summed E-state index contributed by atoms with van der Waals surface area (Å²) >= 11 is 0. The van der Waals surface area contributed by atoms with Gasteiger partial charge in [-0.05, 0) is 29.6 Å². The smallest absolute Gasteiger partial charge is 0.00657 e. The van der Waals surface area contributed by atoms with Crippen molar-refractivity contribution in [3.63, 3.8) is 0 Å². The van der Waals surface area contributed by atoms with Crippen molar-refractivity contribution in [1.29, 1.82) is 0 Å². The normalized spacial score (nSPS) is 27.7. The van der Waals surface area contributed by atoms with Gasteiger partial charge in [0.1, 0.15) is 0 Å². The van der Waals surface area contributed by atoms with Gasteiger partial charge in [0, 0.05) is 0 Å². The molecule has 0 aromatic heterocycles. The molecule has 0 aromatic carbocycles. The van der Waals surface area contributed by atoms with Crippen LogP contribution in [0.2, 0.25) is 0 Å². The van der Waals surface area contributed by atoms with Crippen LogP contribution < -0.4 is 0 Å². The molecule has 1 rings (SSSR count). The molecule has 1 aliphatic rings. The molecule has 15 heavy (non-hydrogen) atoms. The van der Waals surface area contributed by atoms with E-state index in [0.717, 1.165) is 0 Å². The first-order valence-electron chi connectivity index (χ1n) is 6.16. The zero-order valence-electron chi connectivity index (χ0n) is 11.1. The summed E-state index contributed by atoms with van der Waals surface area (Å²) in [6, 6.07) is 0. The Balaban J connectivity index is 2.99. The van der Waals surface area contributed by atoms with E-state index in [4.69, 9.17) is 0 Å². The van der Waals surface area contributed by atoms with Gasteiger partial charge in [0.25, 0.3) is 0 Å². The lowest BCUT2D eigenvalue weighted by Crippen LogP contribution is -2.38. The average Bonchev–Trinajstić information content (AvgIpc) is 2.00. The number of allylic oxidation sites excluding steroid dienone is 3. The molecule has 1 atom stereocenters. The van der Waals surface area contributed by atoms with Crippen molar-refractivity contribution in [1.82, 2.24) is 0 Å². The van der Waals surface area contributed by atoms with Gasteiger partial charge in [0.2, 0.25) is 0 Å². The fourth-order valence-electron chi connectivity index (χ4n) is 3.43. The zero-order valence-corrected chi connectivity index (χ0v) is 11.1. The van der Waals surface area contributed by atoms with Crippen LogP contribution in [-0.4, -0.2) is 0 Å².